The van der Waals surface area contributed by atoms with Crippen LogP contribution < -0.4 is 5.32 Å². The highest BCUT2D eigenvalue weighted by Gasteiger charge is 2.29. The van der Waals surface area contributed by atoms with E-state index in [9.17, 15) is 10.1 Å². The molecular weight excluding hydrogens is 278 g/mol. The number of hydrogen-bond acceptors (Lipinski definition) is 3. The van der Waals surface area contributed by atoms with Gasteiger partial charge in [-0.05, 0) is 18.1 Å². The van der Waals surface area contributed by atoms with Crippen molar-refractivity contribution in [2.24, 2.45) is 0 Å². The van der Waals surface area contributed by atoms with Crippen LogP contribution in [0.4, 0.5) is 5.69 Å². The highest BCUT2D eigenvalue weighted by molar-refractivity contribution is 5.85. The van der Waals surface area contributed by atoms with E-state index >= 15 is 0 Å². The van der Waals surface area contributed by atoms with Gasteiger partial charge in [0.2, 0.25) is 0 Å². The number of nitro groups is 1. The van der Waals surface area contributed by atoms with E-state index in [1.165, 1.54) is 10.9 Å². The summed E-state index contributed by atoms with van der Waals surface area (Å²) in [7, 11) is 0. The second-order valence-corrected chi connectivity index (χ2v) is 5.52. The normalized spacial score (nSPS) is 17.4. The summed E-state index contributed by atoms with van der Waals surface area (Å²) in [6, 6.07) is 15.0. The van der Waals surface area contributed by atoms with E-state index in [-0.39, 0.29) is 16.7 Å². The van der Waals surface area contributed by atoms with Crippen LogP contribution in [0.25, 0.3) is 10.9 Å². The molecule has 5 heteroatoms. The van der Waals surface area contributed by atoms with Gasteiger partial charge in [-0.1, -0.05) is 36.4 Å². The minimum Gasteiger partial charge on any atom is -0.357 e. The topological polar surface area (TPSA) is 71.0 Å². The highest BCUT2D eigenvalue weighted by Crippen LogP contribution is 2.36. The van der Waals surface area contributed by atoms with Gasteiger partial charge in [0.1, 0.15) is 0 Å². The van der Waals surface area contributed by atoms with Gasteiger partial charge in [-0.15, -0.1) is 0 Å². The fraction of sp³-hybridized carbons (Fsp3) is 0.176. The number of aromatic amines is 1. The zero-order chi connectivity index (χ0) is 15.1. The molecule has 0 spiro atoms. The van der Waals surface area contributed by atoms with Gasteiger partial charge in [0, 0.05) is 29.2 Å². The van der Waals surface area contributed by atoms with E-state index in [0.29, 0.717) is 5.56 Å². The third-order valence-corrected chi connectivity index (χ3v) is 4.30. The van der Waals surface area contributed by atoms with Crippen molar-refractivity contribution in [1.29, 1.82) is 0 Å². The first-order chi connectivity index (χ1) is 10.8. The fourth-order valence-corrected chi connectivity index (χ4v) is 3.34. The Bertz CT molecular complexity index is 869. The molecule has 110 valence electrons. The molecule has 22 heavy (non-hydrogen) atoms. The second-order valence-electron chi connectivity index (χ2n) is 5.52. The van der Waals surface area contributed by atoms with Crippen LogP contribution in [0.2, 0.25) is 0 Å². The van der Waals surface area contributed by atoms with Crippen LogP contribution in [0.1, 0.15) is 22.9 Å². The average molecular weight is 293 g/mol. The lowest BCUT2D eigenvalue weighted by Gasteiger charge is -2.24. The number of hydrogen-bond donors (Lipinski definition) is 2. The maximum Gasteiger partial charge on any atom is 0.274 e. The molecule has 4 rings (SSSR count). The molecule has 1 unspecified atom stereocenters. The molecule has 0 saturated carbocycles. The summed E-state index contributed by atoms with van der Waals surface area (Å²) < 4.78 is 0. The third kappa shape index (κ3) is 1.90. The Balaban J connectivity index is 1.92. The van der Waals surface area contributed by atoms with Gasteiger partial charge in [-0.2, -0.15) is 0 Å². The van der Waals surface area contributed by atoms with Gasteiger partial charge in [-0.3, -0.25) is 10.1 Å². The Kier molecular flexibility index (Phi) is 2.94. The Hall–Kier alpha value is -2.66. The number of nitrogens with zero attached hydrogens (tertiary/aromatic N) is 1. The van der Waals surface area contributed by atoms with Crippen molar-refractivity contribution in [2.45, 2.75) is 12.5 Å². The monoisotopic (exact) mass is 293 g/mol. The summed E-state index contributed by atoms with van der Waals surface area (Å²) in [5, 5.41) is 15.9. The molecule has 1 aliphatic heterocycles. The first-order valence-electron chi connectivity index (χ1n) is 7.32. The molecule has 1 aromatic heterocycles. The first-order valence-corrected chi connectivity index (χ1v) is 7.32. The molecule has 0 radical (unpaired) electrons. The van der Waals surface area contributed by atoms with E-state index in [4.69, 9.17) is 0 Å². The Labute approximate surface area is 127 Å². The number of fused-ring (bicyclic) bond motifs is 3. The predicted octanol–water partition coefficient (Wildman–Crippen LogP) is 3.31. The minimum atomic E-state index is -0.312. The van der Waals surface area contributed by atoms with E-state index in [1.54, 1.807) is 12.1 Å². The van der Waals surface area contributed by atoms with Gasteiger partial charge in [0.05, 0.1) is 16.5 Å². The lowest BCUT2D eigenvalue weighted by molar-refractivity contribution is -0.385. The summed E-state index contributed by atoms with van der Waals surface area (Å²) in [6.45, 7) is 0.811. The average Bonchev–Trinajstić information content (AvgIpc) is 2.93. The highest BCUT2D eigenvalue weighted by atomic mass is 16.6. The van der Waals surface area contributed by atoms with Gasteiger partial charge >= 0.3 is 0 Å². The SMILES string of the molecule is O=[N+]([O-])c1ccccc1C1NCCc2c1[nH]c1ccccc21. The molecule has 1 aliphatic rings. The Morgan fingerprint density at radius 1 is 1.09 bits per heavy atom. The van der Waals surface area contributed by atoms with Crippen molar-refractivity contribution in [3.8, 4) is 0 Å². The van der Waals surface area contributed by atoms with Gasteiger partial charge in [0.25, 0.3) is 5.69 Å². The summed E-state index contributed by atoms with van der Waals surface area (Å²) in [4.78, 5) is 14.5. The number of benzene rings is 2. The van der Waals surface area contributed by atoms with E-state index in [0.717, 1.165) is 24.2 Å². The van der Waals surface area contributed by atoms with Crippen molar-refractivity contribution in [1.82, 2.24) is 10.3 Å². The molecular formula is C17H15N3O2. The van der Waals surface area contributed by atoms with Crippen molar-refractivity contribution in [2.75, 3.05) is 6.54 Å². The molecule has 5 nitrogen and oxygen atoms in total. The lowest BCUT2D eigenvalue weighted by Crippen LogP contribution is -2.30. The molecule has 0 saturated heterocycles. The van der Waals surface area contributed by atoms with E-state index in [1.807, 2.05) is 30.3 Å². The zero-order valence-electron chi connectivity index (χ0n) is 11.9. The molecule has 3 aromatic rings. The number of rotatable bonds is 2. The molecule has 0 fully saturated rings. The first kappa shape index (κ1) is 13.0. The second kappa shape index (κ2) is 4.96. The quantitative estimate of drug-likeness (QED) is 0.562. The maximum absolute atomic E-state index is 11.3. The summed E-state index contributed by atoms with van der Waals surface area (Å²) >= 11 is 0. The van der Waals surface area contributed by atoms with Crippen LogP contribution in [-0.4, -0.2) is 16.5 Å². The van der Waals surface area contributed by atoms with Crippen LogP contribution in [-0.2, 0) is 6.42 Å². The number of aromatic nitrogens is 1. The third-order valence-electron chi connectivity index (χ3n) is 4.30. The van der Waals surface area contributed by atoms with Crippen LogP contribution in [0.15, 0.2) is 48.5 Å². The van der Waals surface area contributed by atoms with Crippen LogP contribution in [0.5, 0.6) is 0 Å². The van der Waals surface area contributed by atoms with Gasteiger partial charge < -0.3 is 10.3 Å². The van der Waals surface area contributed by atoms with Crippen LogP contribution in [0, 0.1) is 10.1 Å². The zero-order valence-corrected chi connectivity index (χ0v) is 11.9. The molecule has 0 amide bonds. The van der Waals surface area contributed by atoms with Crippen molar-refractivity contribution in [3.05, 3.63) is 75.5 Å². The maximum atomic E-state index is 11.3. The lowest BCUT2D eigenvalue weighted by atomic mass is 9.93. The Morgan fingerprint density at radius 2 is 1.86 bits per heavy atom. The molecule has 2 N–H and O–H groups in total. The van der Waals surface area contributed by atoms with Crippen molar-refractivity contribution in [3.63, 3.8) is 0 Å². The van der Waals surface area contributed by atoms with Crippen molar-refractivity contribution < 1.29 is 4.92 Å². The van der Waals surface area contributed by atoms with E-state index in [2.05, 4.69) is 16.4 Å². The minimum absolute atomic E-state index is 0.159. The Morgan fingerprint density at radius 3 is 2.73 bits per heavy atom. The molecule has 2 heterocycles. The summed E-state index contributed by atoms with van der Waals surface area (Å²) in [5.74, 6) is 0. The summed E-state index contributed by atoms with van der Waals surface area (Å²) in [5.41, 5.74) is 4.26. The molecule has 1 atom stereocenters. The van der Waals surface area contributed by atoms with Crippen LogP contribution >= 0.6 is 0 Å². The standard InChI is InChI=1S/C17H15N3O2/c21-20(22)15-8-4-2-6-13(15)16-17-12(9-10-18-16)11-5-1-3-7-14(11)19-17/h1-8,16,18-19H,9-10H2. The number of nitro benzene ring substituents is 1. The number of H-pyrrole nitrogens is 1. The number of para-hydroxylation sites is 2. The van der Waals surface area contributed by atoms with E-state index < -0.39 is 0 Å². The van der Waals surface area contributed by atoms with Gasteiger partial charge in [-0.25, -0.2) is 0 Å². The fourth-order valence-electron chi connectivity index (χ4n) is 3.34. The largest absolute Gasteiger partial charge is 0.357 e. The smallest absolute Gasteiger partial charge is 0.274 e. The van der Waals surface area contributed by atoms with Gasteiger partial charge in [0.15, 0.2) is 0 Å². The summed E-state index contributed by atoms with van der Waals surface area (Å²) in [6.07, 6.45) is 0.927. The molecule has 0 bridgehead atoms. The molecule has 2 aromatic carbocycles. The predicted molar refractivity (Wildman–Crippen MR) is 84.9 cm³/mol. The van der Waals surface area contributed by atoms with Crippen molar-refractivity contribution >= 4 is 16.6 Å². The molecule has 0 aliphatic carbocycles. The number of nitrogens with one attached hydrogen (secondary N) is 2. The van der Waals surface area contributed by atoms with Crippen LogP contribution in [0.3, 0.4) is 0 Å².